The molecule has 0 amide bonds. The molecule has 0 spiro atoms. The highest BCUT2D eigenvalue weighted by Crippen LogP contribution is 2.23. The number of aromatic nitrogens is 1. The molecule has 0 aliphatic carbocycles. The lowest BCUT2D eigenvalue weighted by Crippen LogP contribution is -2.36. The number of anilines is 1. The Hall–Kier alpha value is -1.54. The van der Waals surface area contributed by atoms with Crippen LogP contribution in [-0.4, -0.2) is 31.3 Å². The fraction of sp³-hybridized carbons (Fsp3) is 0.667. The number of hydrogen-bond donors (Lipinski definition) is 0. The minimum Gasteiger partial charge on any atom is -0.424 e. The lowest BCUT2D eigenvalue weighted by atomic mass is 10.1. The summed E-state index contributed by atoms with van der Waals surface area (Å²) < 4.78 is 11.0. The Morgan fingerprint density at radius 2 is 2.12 bits per heavy atom. The van der Waals surface area contributed by atoms with Gasteiger partial charge >= 0.3 is 0 Å². The van der Waals surface area contributed by atoms with Crippen LogP contribution in [0.3, 0.4) is 0 Å². The summed E-state index contributed by atoms with van der Waals surface area (Å²) in [5.41, 5.74) is 0.391. The van der Waals surface area contributed by atoms with E-state index in [4.69, 9.17) is 14.4 Å². The summed E-state index contributed by atoms with van der Waals surface area (Å²) in [4.78, 5) is 6.26. The van der Waals surface area contributed by atoms with Crippen LogP contribution in [0.4, 0.5) is 5.88 Å². The molecule has 1 aromatic heterocycles. The zero-order chi connectivity index (χ0) is 12.3. The third-order valence-corrected chi connectivity index (χ3v) is 2.64. The second kappa shape index (κ2) is 5.19. The predicted octanol–water partition coefficient (Wildman–Crippen LogP) is 1.58. The van der Waals surface area contributed by atoms with Gasteiger partial charge in [-0.25, -0.2) is 4.98 Å². The Labute approximate surface area is 101 Å². The highest BCUT2D eigenvalue weighted by Gasteiger charge is 2.21. The van der Waals surface area contributed by atoms with Crippen molar-refractivity contribution in [1.29, 1.82) is 5.26 Å². The molecule has 5 heteroatoms. The molecule has 92 valence electrons. The van der Waals surface area contributed by atoms with Crippen molar-refractivity contribution in [2.24, 2.45) is 5.92 Å². The second-order valence-electron chi connectivity index (χ2n) is 4.57. The van der Waals surface area contributed by atoms with Gasteiger partial charge in [-0.15, -0.1) is 0 Å². The maximum absolute atomic E-state index is 9.07. The molecule has 2 heterocycles. The van der Waals surface area contributed by atoms with E-state index in [-0.39, 0.29) is 0 Å². The molecule has 0 unspecified atom stereocenters. The van der Waals surface area contributed by atoms with Crippen molar-refractivity contribution in [2.75, 3.05) is 31.2 Å². The van der Waals surface area contributed by atoms with Crippen LogP contribution < -0.4 is 4.90 Å². The maximum atomic E-state index is 9.07. The highest BCUT2D eigenvalue weighted by molar-refractivity contribution is 5.48. The first-order valence-corrected chi connectivity index (χ1v) is 5.93. The van der Waals surface area contributed by atoms with Crippen molar-refractivity contribution in [2.45, 2.75) is 20.3 Å². The predicted molar refractivity (Wildman–Crippen MR) is 62.8 cm³/mol. The summed E-state index contributed by atoms with van der Waals surface area (Å²) in [5, 5.41) is 9.07. The summed E-state index contributed by atoms with van der Waals surface area (Å²) in [6, 6.07) is 2.10. The average molecular weight is 235 g/mol. The summed E-state index contributed by atoms with van der Waals surface area (Å²) in [5.74, 6) is 1.72. The van der Waals surface area contributed by atoms with Crippen molar-refractivity contribution in [3.05, 3.63) is 11.6 Å². The van der Waals surface area contributed by atoms with E-state index >= 15 is 0 Å². The zero-order valence-corrected chi connectivity index (χ0v) is 10.3. The number of oxazole rings is 1. The van der Waals surface area contributed by atoms with Gasteiger partial charge in [0.1, 0.15) is 6.07 Å². The van der Waals surface area contributed by atoms with E-state index in [2.05, 4.69) is 24.9 Å². The second-order valence-corrected chi connectivity index (χ2v) is 4.57. The van der Waals surface area contributed by atoms with E-state index in [1.54, 1.807) is 0 Å². The lowest BCUT2D eigenvalue weighted by molar-refractivity contribution is 0.120. The van der Waals surface area contributed by atoms with Gasteiger partial charge in [0.05, 0.1) is 13.2 Å². The van der Waals surface area contributed by atoms with E-state index in [1.165, 1.54) is 0 Å². The fourth-order valence-corrected chi connectivity index (χ4v) is 1.85. The Morgan fingerprint density at radius 1 is 1.41 bits per heavy atom. The maximum Gasteiger partial charge on any atom is 0.234 e. The zero-order valence-electron chi connectivity index (χ0n) is 10.3. The highest BCUT2D eigenvalue weighted by atomic mass is 16.5. The number of morpholine rings is 1. The van der Waals surface area contributed by atoms with Gasteiger partial charge < -0.3 is 14.1 Å². The van der Waals surface area contributed by atoms with Gasteiger partial charge in [0, 0.05) is 19.5 Å². The lowest BCUT2D eigenvalue weighted by Gasteiger charge is -2.26. The topological polar surface area (TPSA) is 62.3 Å². The third kappa shape index (κ3) is 2.77. The Kier molecular flexibility index (Phi) is 3.64. The molecule has 1 aliphatic heterocycles. The summed E-state index contributed by atoms with van der Waals surface area (Å²) in [7, 11) is 0. The van der Waals surface area contributed by atoms with Crippen molar-refractivity contribution < 1.29 is 9.15 Å². The number of nitriles is 1. The van der Waals surface area contributed by atoms with Crippen LogP contribution in [0.2, 0.25) is 0 Å². The molecule has 0 saturated carbocycles. The van der Waals surface area contributed by atoms with E-state index in [9.17, 15) is 0 Å². The molecule has 1 fully saturated rings. The summed E-state index contributed by atoms with van der Waals surface area (Å²) in [6.45, 7) is 7.06. The summed E-state index contributed by atoms with van der Waals surface area (Å²) >= 11 is 0. The monoisotopic (exact) mass is 235 g/mol. The molecule has 0 N–H and O–H groups in total. The fourth-order valence-electron chi connectivity index (χ4n) is 1.85. The Bertz CT molecular complexity index is 414. The number of hydrogen-bond acceptors (Lipinski definition) is 5. The molecule has 2 rings (SSSR count). The van der Waals surface area contributed by atoms with Gasteiger partial charge in [-0.3, -0.25) is 0 Å². The van der Waals surface area contributed by atoms with Crippen LogP contribution in [0.15, 0.2) is 4.42 Å². The molecule has 0 atom stereocenters. The van der Waals surface area contributed by atoms with Gasteiger partial charge in [-0.2, -0.15) is 5.26 Å². The van der Waals surface area contributed by atoms with Crippen LogP contribution >= 0.6 is 0 Å². The van der Waals surface area contributed by atoms with E-state index < -0.39 is 0 Å². The van der Waals surface area contributed by atoms with E-state index in [0.717, 1.165) is 19.5 Å². The van der Waals surface area contributed by atoms with Crippen molar-refractivity contribution >= 4 is 5.88 Å². The molecule has 1 saturated heterocycles. The standard InChI is InChI=1S/C12H17N3O2/c1-9(2)7-11-14-10(8-13)12(17-11)15-3-5-16-6-4-15/h9H,3-7H2,1-2H3. The van der Waals surface area contributed by atoms with Crippen LogP contribution in [-0.2, 0) is 11.2 Å². The molecule has 0 radical (unpaired) electrons. The average Bonchev–Trinajstić information content (AvgIpc) is 2.72. The van der Waals surface area contributed by atoms with Crippen LogP contribution in [0.25, 0.3) is 0 Å². The minimum absolute atomic E-state index is 0.391. The molecular formula is C12H17N3O2. The first-order valence-electron chi connectivity index (χ1n) is 5.93. The molecule has 0 aromatic carbocycles. The first kappa shape index (κ1) is 11.9. The van der Waals surface area contributed by atoms with Crippen molar-refractivity contribution in [1.82, 2.24) is 4.98 Å². The Morgan fingerprint density at radius 3 is 2.71 bits per heavy atom. The quantitative estimate of drug-likeness (QED) is 0.796. The van der Waals surface area contributed by atoms with Gasteiger partial charge in [-0.1, -0.05) is 13.8 Å². The minimum atomic E-state index is 0.391. The molecule has 1 aliphatic rings. The third-order valence-electron chi connectivity index (χ3n) is 2.64. The number of nitrogens with zero attached hydrogens (tertiary/aromatic N) is 3. The molecular weight excluding hydrogens is 218 g/mol. The van der Waals surface area contributed by atoms with Gasteiger partial charge in [0.2, 0.25) is 11.6 Å². The number of rotatable bonds is 3. The van der Waals surface area contributed by atoms with Crippen LogP contribution in [0, 0.1) is 17.2 Å². The van der Waals surface area contributed by atoms with Crippen LogP contribution in [0.1, 0.15) is 25.4 Å². The van der Waals surface area contributed by atoms with E-state index in [1.807, 2.05) is 4.90 Å². The molecule has 0 bridgehead atoms. The summed E-state index contributed by atoms with van der Waals surface area (Å²) in [6.07, 6.45) is 0.763. The van der Waals surface area contributed by atoms with Gasteiger partial charge in [0.15, 0.2) is 5.89 Å². The van der Waals surface area contributed by atoms with Gasteiger partial charge in [0.25, 0.3) is 0 Å². The smallest absolute Gasteiger partial charge is 0.234 e. The normalized spacial score (nSPS) is 16.2. The van der Waals surface area contributed by atoms with Crippen molar-refractivity contribution in [3.8, 4) is 6.07 Å². The van der Waals surface area contributed by atoms with Crippen molar-refractivity contribution in [3.63, 3.8) is 0 Å². The molecule has 5 nitrogen and oxygen atoms in total. The number of ether oxygens (including phenoxy) is 1. The Balaban J connectivity index is 2.20. The van der Waals surface area contributed by atoms with Gasteiger partial charge in [-0.05, 0) is 5.92 Å². The molecule has 17 heavy (non-hydrogen) atoms. The van der Waals surface area contributed by atoms with E-state index in [0.29, 0.717) is 36.6 Å². The molecule has 1 aromatic rings. The van der Waals surface area contributed by atoms with Crippen LogP contribution in [0.5, 0.6) is 0 Å². The largest absolute Gasteiger partial charge is 0.424 e. The SMILES string of the molecule is CC(C)Cc1nc(C#N)c(N2CCOCC2)o1. The first-order chi connectivity index (χ1) is 8.20.